The first-order chi connectivity index (χ1) is 9.60. The van der Waals surface area contributed by atoms with Crippen LogP contribution in [0.3, 0.4) is 0 Å². The molecule has 0 fully saturated rings. The second-order valence-electron chi connectivity index (χ2n) is 4.90. The molecule has 0 aliphatic rings. The summed E-state index contributed by atoms with van der Waals surface area (Å²) in [6.07, 6.45) is 1.92. The van der Waals surface area contributed by atoms with E-state index in [2.05, 4.69) is 16.9 Å². The monoisotopic (exact) mass is 290 g/mol. The number of rotatable bonds is 5. The zero-order chi connectivity index (χ0) is 14.5. The van der Waals surface area contributed by atoms with Gasteiger partial charge in [-0.3, -0.25) is 0 Å². The maximum Gasteiger partial charge on any atom is 0.133 e. The van der Waals surface area contributed by atoms with Crippen molar-refractivity contribution in [1.82, 2.24) is 9.97 Å². The third kappa shape index (κ3) is 3.70. The van der Waals surface area contributed by atoms with Gasteiger partial charge < -0.3 is 4.74 Å². The number of para-hydroxylation sites is 1. The highest BCUT2D eigenvalue weighted by Crippen LogP contribution is 2.30. The SMILES string of the molecule is CCCc1nc(Cl)cc(-c2ccccc2OC(C)C)n1. The van der Waals surface area contributed by atoms with Crippen LogP contribution >= 0.6 is 11.6 Å². The Kier molecular flexibility index (Phi) is 4.96. The first kappa shape index (κ1) is 14.8. The molecule has 3 nitrogen and oxygen atoms in total. The standard InChI is InChI=1S/C16H19ClN2O/c1-4-7-16-18-13(10-15(17)19-16)12-8-5-6-9-14(12)20-11(2)3/h5-6,8-11H,4,7H2,1-3H3. The minimum atomic E-state index is 0.114. The average Bonchev–Trinajstić information content (AvgIpc) is 2.38. The van der Waals surface area contributed by atoms with E-state index in [0.717, 1.165) is 35.7 Å². The van der Waals surface area contributed by atoms with Gasteiger partial charge in [0.1, 0.15) is 16.7 Å². The van der Waals surface area contributed by atoms with Crippen molar-refractivity contribution in [2.75, 3.05) is 0 Å². The fourth-order valence-corrected chi connectivity index (χ4v) is 2.17. The molecule has 20 heavy (non-hydrogen) atoms. The van der Waals surface area contributed by atoms with Gasteiger partial charge in [-0.05, 0) is 32.4 Å². The second kappa shape index (κ2) is 6.71. The second-order valence-corrected chi connectivity index (χ2v) is 5.29. The lowest BCUT2D eigenvalue weighted by molar-refractivity contribution is 0.243. The minimum absolute atomic E-state index is 0.114. The number of aryl methyl sites for hydroxylation is 1. The summed E-state index contributed by atoms with van der Waals surface area (Å²) < 4.78 is 5.84. The summed E-state index contributed by atoms with van der Waals surface area (Å²) in [6, 6.07) is 9.65. The molecular weight excluding hydrogens is 272 g/mol. The van der Waals surface area contributed by atoms with Crippen LogP contribution in [0, 0.1) is 0 Å². The Bertz CT molecular complexity index is 584. The number of benzene rings is 1. The van der Waals surface area contributed by atoms with Gasteiger partial charge in [0.15, 0.2) is 0 Å². The van der Waals surface area contributed by atoms with E-state index in [9.17, 15) is 0 Å². The van der Waals surface area contributed by atoms with Gasteiger partial charge in [0.2, 0.25) is 0 Å². The lowest BCUT2D eigenvalue weighted by Gasteiger charge is -2.14. The summed E-state index contributed by atoms with van der Waals surface area (Å²) in [6.45, 7) is 6.11. The smallest absolute Gasteiger partial charge is 0.133 e. The highest BCUT2D eigenvalue weighted by atomic mass is 35.5. The van der Waals surface area contributed by atoms with Gasteiger partial charge in [0, 0.05) is 18.1 Å². The van der Waals surface area contributed by atoms with Crippen molar-refractivity contribution in [1.29, 1.82) is 0 Å². The molecule has 0 amide bonds. The van der Waals surface area contributed by atoms with E-state index in [0.29, 0.717) is 5.15 Å². The molecule has 0 saturated carbocycles. The fourth-order valence-electron chi connectivity index (χ4n) is 1.97. The number of nitrogens with zero attached hydrogens (tertiary/aromatic N) is 2. The molecule has 2 aromatic rings. The van der Waals surface area contributed by atoms with Crippen LogP contribution in [0.4, 0.5) is 0 Å². The summed E-state index contributed by atoms with van der Waals surface area (Å²) in [7, 11) is 0. The van der Waals surface area contributed by atoms with Crippen LogP contribution in [-0.2, 0) is 6.42 Å². The van der Waals surface area contributed by atoms with E-state index < -0.39 is 0 Å². The molecule has 0 N–H and O–H groups in total. The van der Waals surface area contributed by atoms with Gasteiger partial charge in [0.25, 0.3) is 0 Å². The van der Waals surface area contributed by atoms with E-state index in [-0.39, 0.29) is 6.10 Å². The van der Waals surface area contributed by atoms with Crippen LogP contribution in [0.15, 0.2) is 30.3 Å². The first-order valence-electron chi connectivity index (χ1n) is 6.89. The Morgan fingerprint density at radius 2 is 1.95 bits per heavy atom. The summed E-state index contributed by atoms with van der Waals surface area (Å²) in [5.41, 5.74) is 1.76. The summed E-state index contributed by atoms with van der Waals surface area (Å²) in [5, 5.41) is 0.470. The molecule has 2 rings (SSSR count). The summed E-state index contributed by atoms with van der Waals surface area (Å²) in [4.78, 5) is 8.84. The van der Waals surface area contributed by atoms with Crippen molar-refractivity contribution in [3.05, 3.63) is 41.3 Å². The van der Waals surface area contributed by atoms with Gasteiger partial charge in [-0.1, -0.05) is 30.7 Å². The predicted octanol–water partition coefficient (Wildman–Crippen LogP) is 4.54. The normalized spacial score (nSPS) is 10.8. The van der Waals surface area contributed by atoms with Crippen LogP contribution in [0.2, 0.25) is 5.15 Å². The molecule has 106 valence electrons. The Morgan fingerprint density at radius 3 is 2.65 bits per heavy atom. The molecule has 0 aliphatic carbocycles. The molecule has 0 spiro atoms. The molecule has 1 aromatic heterocycles. The van der Waals surface area contributed by atoms with E-state index >= 15 is 0 Å². The molecule has 1 heterocycles. The zero-order valence-corrected chi connectivity index (χ0v) is 12.8. The van der Waals surface area contributed by atoms with Crippen molar-refractivity contribution in [2.24, 2.45) is 0 Å². The lowest BCUT2D eigenvalue weighted by Crippen LogP contribution is -2.07. The Labute approximate surface area is 125 Å². The molecule has 0 atom stereocenters. The zero-order valence-electron chi connectivity index (χ0n) is 12.1. The predicted molar refractivity (Wildman–Crippen MR) is 82.2 cm³/mol. The Morgan fingerprint density at radius 1 is 1.20 bits per heavy atom. The summed E-state index contributed by atoms with van der Waals surface area (Å²) in [5.74, 6) is 1.59. The molecule has 0 bridgehead atoms. The molecular formula is C16H19ClN2O. The van der Waals surface area contributed by atoms with Gasteiger partial charge in [-0.15, -0.1) is 0 Å². The topological polar surface area (TPSA) is 35.0 Å². The maximum atomic E-state index is 6.10. The minimum Gasteiger partial charge on any atom is -0.490 e. The van der Waals surface area contributed by atoms with Crippen molar-refractivity contribution in [3.63, 3.8) is 0 Å². The van der Waals surface area contributed by atoms with Gasteiger partial charge >= 0.3 is 0 Å². The van der Waals surface area contributed by atoms with Crippen molar-refractivity contribution in [3.8, 4) is 17.0 Å². The van der Waals surface area contributed by atoms with Crippen LogP contribution in [-0.4, -0.2) is 16.1 Å². The number of halogens is 1. The average molecular weight is 291 g/mol. The van der Waals surface area contributed by atoms with Gasteiger partial charge in [-0.25, -0.2) is 9.97 Å². The maximum absolute atomic E-state index is 6.10. The van der Waals surface area contributed by atoms with Gasteiger partial charge in [0.05, 0.1) is 11.8 Å². The van der Waals surface area contributed by atoms with Crippen LogP contribution in [0.5, 0.6) is 5.75 Å². The number of hydrogen-bond donors (Lipinski definition) is 0. The van der Waals surface area contributed by atoms with E-state index in [4.69, 9.17) is 16.3 Å². The highest BCUT2D eigenvalue weighted by Gasteiger charge is 2.11. The van der Waals surface area contributed by atoms with Crippen molar-refractivity contribution < 1.29 is 4.74 Å². The third-order valence-corrected chi connectivity index (χ3v) is 2.93. The van der Waals surface area contributed by atoms with Crippen molar-refractivity contribution in [2.45, 2.75) is 39.7 Å². The highest BCUT2D eigenvalue weighted by molar-refractivity contribution is 6.29. The number of ether oxygens (including phenoxy) is 1. The van der Waals surface area contributed by atoms with E-state index in [1.165, 1.54) is 0 Å². The molecule has 0 unspecified atom stereocenters. The fraction of sp³-hybridized carbons (Fsp3) is 0.375. The number of hydrogen-bond acceptors (Lipinski definition) is 3. The first-order valence-corrected chi connectivity index (χ1v) is 7.27. The van der Waals surface area contributed by atoms with E-state index in [1.807, 2.05) is 38.1 Å². The number of aromatic nitrogens is 2. The third-order valence-electron chi connectivity index (χ3n) is 2.74. The quantitative estimate of drug-likeness (QED) is 0.759. The molecule has 4 heteroatoms. The van der Waals surface area contributed by atoms with Crippen LogP contribution < -0.4 is 4.74 Å². The largest absolute Gasteiger partial charge is 0.490 e. The van der Waals surface area contributed by atoms with Gasteiger partial charge in [-0.2, -0.15) is 0 Å². The molecule has 0 aliphatic heterocycles. The molecule has 0 radical (unpaired) electrons. The Balaban J connectivity index is 2.45. The molecule has 0 saturated heterocycles. The summed E-state index contributed by atoms with van der Waals surface area (Å²) >= 11 is 6.10. The van der Waals surface area contributed by atoms with E-state index in [1.54, 1.807) is 6.07 Å². The molecule has 1 aromatic carbocycles. The van der Waals surface area contributed by atoms with Crippen LogP contribution in [0.1, 0.15) is 33.0 Å². The van der Waals surface area contributed by atoms with Crippen molar-refractivity contribution >= 4 is 11.6 Å². The Hall–Kier alpha value is -1.61. The van der Waals surface area contributed by atoms with Crippen LogP contribution in [0.25, 0.3) is 11.3 Å². The lowest BCUT2D eigenvalue weighted by atomic mass is 10.1.